The van der Waals surface area contributed by atoms with E-state index in [0.717, 1.165) is 31.0 Å². The lowest BCUT2D eigenvalue weighted by molar-refractivity contribution is 0.00413. The monoisotopic (exact) mass is 168 g/mol. The van der Waals surface area contributed by atoms with Gasteiger partial charge in [0.15, 0.2) is 0 Å². The molecule has 0 amide bonds. The lowest BCUT2D eigenvalue weighted by Crippen LogP contribution is -2.62. The summed E-state index contributed by atoms with van der Waals surface area (Å²) in [5, 5.41) is 0. The molecule has 70 valence electrons. The Balaban J connectivity index is 1.68. The van der Waals surface area contributed by atoms with E-state index in [9.17, 15) is 0 Å². The van der Waals surface area contributed by atoms with Crippen LogP contribution in [0, 0.1) is 11.8 Å². The Morgan fingerprint density at radius 2 is 1.83 bits per heavy atom. The smallest absolute Gasteiger partial charge is 0.0297 e. The minimum absolute atomic E-state index is 0.475. The van der Waals surface area contributed by atoms with E-state index in [1.165, 1.54) is 12.8 Å². The molecular weight excluding hydrogens is 148 g/mol. The van der Waals surface area contributed by atoms with Crippen LogP contribution in [0.25, 0.3) is 0 Å². The second-order valence-electron chi connectivity index (χ2n) is 4.84. The first-order valence-electron chi connectivity index (χ1n) is 5.16. The summed E-state index contributed by atoms with van der Waals surface area (Å²) in [7, 11) is 0. The summed E-state index contributed by atoms with van der Waals surface area (Å²) in [5.41, 5.74) is 5.74. The minimum Gasteiger partial charge on any atom is -0.325 e. The third-order valence-corrected chi connectivity index (χ3v) is 3.55. The molecule has 1 heterocycles. The number of nitrogens with zero attached hydrogens (tertiary/aromatic N) is 1. The molecule has 1 saturated heterocycles. The molecule has 2 aliphatic rings. The van der Waals surface area contributed by atoms with Crippen molar-refractivity contribution in [3.63, 3.8) is 0 Å². The molecule has 1 saturated carbocycles. The molecule has 0 aromatic carbocycles. The van der Waals surface area contributed by atoms with Gasteiger partial charge in [-0.05, 0) is 24.7 Å². The average Bonchev–Trinajstić information content (AvgIpc) is 1.79. The van der Waals surface area contributed by atoms with Crippen LogP contribution in [0.5, 0.6) is 0 Å². The Hall–Kier alpha value is -0.0800. The third kappa shape index (κ3) is 1.38. The van der Waals surface area contributed by atoms with E-state index in [-0.39, 0.29) is 0 Å². The molecule has 1 aliphatic heterocycles. The number of hydrogen-bond acceptors (Lipinski definition) is 2. The summed E-state index contributed by atoms with van der Waals surface area (Å²) >= 11 is 0. The van der Waals surface area contributed by atoms with E-state index >= 15 is 0 Å². The van der Waals surface area contributed by atoms with E-state index in [1.54, 1.807) is 0 Å². The molecule has 1 aliphatic carbocycles. The van der Waals surface area contributed by atoms with Crippen LogP contribution < -0.4 is 5.73 Å². The van der Waals surface area contributed by atoms with E-state index < -0.39 is 0 Å². The van der Waals surface area contributed by atoms with Crippen molar-refractivity contribution in [3.05, 3.63) is 0 Å². The maximum absolute atomic E-state index is 5.74. The van der Waals surface area contributed by atoms with Gasteiger partial charge in [-0.15, -0.1) is 0 Å². The topological polar surface area (TPSA) is 29.3 Å². The van der Waals surface area contributed by atoms with E-state index in [4.69, 9.17) is 5.73 Å². The highest BCUT2D eigenvalue weighted by Crippen LogP contribution is 2.38. The standard InChI is InChI=1S/C10H20N2/c1-7(2)8-3-10(4-8)12-5-9(11)6-12/h7-10H,3-6,11H2,1-2H3. The van der Waals surface area contributed by atoms with Crippen LogP contribution in [0.1, 0.15) is 26.7 Å². The van der Waals surface area contributed by atoms with Gasteiger partial charge < -0.3 is 5.73 Å². The van der Waals surface area contributed by atoms with E-state index in [0.29, 0.717) is 6.04 Å². The van der Waals surface area contributed by atoms with Gasteiger partial charge in [-0.2, -0.15) is 0 Å². The zero-order chi connectivity index (χ0) is 8.72. The molecule has 0 bridgehead atoms. The van der Waals surface area contributed by atoms with E-state index in [2.05, 4.69) is 18.7 Å². The van der Waals surface area contributed by atoms with Crippen molar-refractivity contribution in [2.24, 2.45) is 17.6 Å². The number of likely N-dealkylation sites (tertiary alicyclic amines) is 1. The average molecular weight is 168 g/mol. The second kappa shape index (κ2) is 3.00. The summed E-state index contributed by atoms with van der Waals surface area (Å²) in [5.74, 6) is 1.88. The predicted molar refractivity (Wildman–Crippen MR) is 50.9 cm³/mol. The second-order valence-corrected chi connectivity index (χ2v) is 4.84. The van der Waals surface area contributed by atoms with Gasteiger partial charge in [0.2, 0.25) is 0 Å². The fourth-order valence-corrected chi connectivity index (χ4v) is 2.32. The third-order valence-electron chi connectivity index (χ3n) is 3.55. The van der Waals surface area contributed by atoms with E-state index in [1.807, 2.05) is 0 Å². The van der Waals surface area contributed by atoms with Crippen LogP contribution in [-0.4, -0.2) is 30.1 Å². The molecule has 0 aromatic rings. The van der Waals surface area contributed by atoms with Gasteiger partial charge in [-0.1, -0.05) is 13.8 Å². The lowest BCUT2D eigenvalue weighted by Gasteiger charge is -2.50. The molecule has 2 rings (SSSR count). The van der Waals surface area contributed by atoms with Gasteiger partial charge in [0, 0.05) is 25.2 Å². The predicted octanol–water partition coefficient (Wildman–Crippen LogP) is 1.06. The fourth-order valence-electron chi connectivity index (χ4n) is 2.32. The van der Waals surface area contributed by atoms with Gasteiger partial charge >= 0.3 is 0 Å². The molecule has 2 N–H and O–H groups in total. The summed E-state index contributed by atoms with van der Waals surface area (Å²) in [4.78, 5) is 2.55. The molecular formula is C10H20N2. The first-order valence-corrected chi connectivity index (χ1v) is 5.16. The summed E-state index contributed by atoms with van der Waals surface area (Å²) in [6.07, 6.45) is 2.84. The van der Waals surface area contributed by atoms with Gasteiger partial charge in [0.1, 0.15) is 0 Å². The quantitative estimate of drug-likeness (QED) is 0.668. The van der Waals surface area contributed by atoms with Crippen molar-refractivity contribution in [3.8, 4) is 0 Å². The van der Waals surface area contributed by atoms with Crippen LogP contribution in [0.2, 0.25) is 0 Å². The fraction of sp³-hybridized carbons (Fsp3) is 1.00. The molecule has 0 unspecified atom stereocenters. The highest BCUT2D eigenvalue weighted by Gasteiger charge is 2.39. The van der Waals surface area contributed by atoms with Gasteiger partial charge in [-0.25, -0.2) is 0 Å². The van der Waals surface area contributed by atoms with Crippen LogP contribution in [0.3, 0.4) is 0 Å². The van der Waals surface area contributed by atoms with Crippen molar-refractivity contribution >= 4 is 0 Å². The number of rotatable bonds is 2. The molecule has 12 heavy (non-hydrogen) atoms. The molecule has 0 aromatic heterocycles. The number of nitrogens with two attached hydrogens (primary N) is 1. The SMILES string of the molecule is CC(C)C1CC(N2CC(N)C2)C1. The summed E-state index contributed by atoms with van der Waals surface area (Å²) in [6, 6.07) is 1.36. The first kappa shape index (κ1) is 8.52. The van der Waals surface area contributed by atoms with Gasteiger partial charge in [0.05, 0.1) is 0 Å². The molecule has 2 fully saturated rings. The Bertz CT molecular complexity index is 155. The van der Waals surface area contributed by atoms with Crippen LogP contribution in [0.15, 0.2) is 0 Å². The molecule has 0 spiro atoms. The Kier molecular flexibility index (Phi) is 2.13. The summed E-state index contributed by atoms with van der Waals surface area (Å²) < 4.78 is 0. The highest BCUT2D eigenvalue weighted by atomic mass is 15.2. The van der Waals surface area contributed by atoms with Crippen molar-refractivity contribution in [1.29, 1.82) is 0 Å². The van der Waals surface area contributed by atoms with Crippen molar-refractivity contribution in [1.82, 2.24) is 4.90 Å². The van der Waals surface area contributed by atoms with Crippen LogP contribution >= 0.6 is 0 Å². The number of hydrogen-bond donors (Lipinski definition) is 1. The summed E-state index contributed by atoms with van der Waals surface area (Å²) in [6.45, 7) is 6.97. The Morgan fingerprint density at radius 3 is 2.25 bits per heavy atom. The highest BCUT2D eigenvalue weighted by molar-refractivity contribution is 4.95. The van der Waals surface area contributed by atoms with Crippen molar-refractivity contribution in [2.75, 3.05) is 13.1 Å². The maximum atomic E-state index is 5.74. The van der Waals surface area contributed by atoms with Crippen LogP contribution in [0.4, 0.5) is 0 Å². The minimum atomic E-state index is 0.475. The zero-order valence-corrected chi connectivity index (χ0v) is 8.16. The molecule has 0 radical (unpaired) electrons. The Morgan fingerprint density at radius 1 is 1.25 bits per heavy atom. The Labute approximate surface area is 75.1 Å². The van der Waals surface area contributed by atoms with Crippen molar-refractivity contribution in [2.45, 2.75) is 38.8 Å². The van der Waals surface area contributed by atoms with Crippen LogP contribution in [-0.2, 0) is 0 Å². The normalized spacial score (nSPS) is 38.0. The first-order chi connectivity index (χ1) is 5.66. The molecule has 2 heteroatoms. The molecule has 0 atom stereocenters. The lowest BCUT2D eigenvalue weighted by atomic mass is 9.72. The van der Waals surface area contributed by atoms with Crippen molar-refractivity contribution < 1.29 is 0 Å². The zero-order valence-electron chi connectivity index (χ0n) is 8.16. The van der Waals surface area contributed by atoms with Gasteiger partial charge in [0.25, 0.3) is 0 Å². The molecule has 2 nitrogen and oxygen atoms in total. The maximum Gasteiger partial charge on any atom is 0.0297 e. The van der Waals surface area contributed by atoms with Gasteiger partial charge in [-0.3, -0.25) is 4.90 Å². The largest absolute Gasteiger partial charge is 0.325 e.